The van der Waals surface area contributed by atoms with Crippen LogP contribution >= 0.6 is 11.6 Å². The van der Waals surface area contributed by atoms with E-state index in [9.17, 15) is 5.11 Å². The van der Waals surface area contributed by atoms with Crippen LogP contribution in [0.5, 0.6) is 0 Å². The van der Waals surface area contributed by atoms with Crippen LogP contribution < -0.4 is 10.2 Å². The lowest BCUT2D eigenvalue weighted by Crippen LogP contribution is -2.21. The van der Waals surface area contributed by atoms with Gasteiger partial charge in [-0.25, -0.2) is 4.98 Å². The van der Waals surface area contributed by atoms with E-state index < -0.39 is 0 Å². The van der Waals surface area contributed by atoms with Crippen molar-refractivity contribution in [3.05, 3.63) is 76.3 Å². The molecule has 0 bridgehead atoms. The first-order valence-corrected chi connectivity index (χ1v) is 10.7. The van der Waals surface area contributed by atoms with Gasteiger partial charge in [0.15, 0.2) is 0 Å². The zero-order valence-electron chi connectivity index (χ0n) is 17.8. The Balaban J connectivity index is 1.36. The Bertz CT molecular complexity index is 1240. The van der Waals surface area contributed by atoms with Gasteiger partial charge in [0.1, 0.15) is 11.6 Å². The number of aliphatic hydroxyl groups is 1. The first-order valence-electron chi connectivity index (χ1n) is 10.3. The van der Waals surface area contributed by atoms with Crippen molar-refractivity contribution >= 4 is 29.2 Å². The van der Waals surface area contributed by atoms with Crippen LogP contribution in [0.4, 0.5) is 17.6 Å². The normalized spacial score (nSPS) is 13.9. The third kappa shape index (κ3) is 3.80. The highest BCUT2D eigenvalue weighted by atomic mass is 35.5. The van der Waals surface area contributed by atoms with Gasteiger partial charge in [-0.1, -0.05) is 23.7 Å². The number of anilines is 3. The Morgan fingerprint density at radius 3 is 2.84 bits per heavy atom. The van der Waals surface area contributed by atoms with Crippen molar-refractivity contribution in [1.82, 2.24) is 29.5 Å². The number of aryl methyl sites for hydroxylation is 2. The van der Waals surface area contributed by atoms with Gasteiger partial charge in [-0.3, -0.25) is 9.36 Å². The van der Waals surface area contributed by atoms with Crippen molar-refractivity contribution in [2.24, 2.45) is 7.05 Å². The van der Waals surface area contributed by atoms with Crippen LogP contribution in [0.15, 0.2) is 48.9 Å². The second kappa shape index (κ2) is 8.25. The zero-order chi connectivity index (χ0) is 22.2. The highest BCUT2D eigenvalue weighted by molar-refractivity contribution is 6.30. The molecule has 0 fully saturated rings. The van der Waals surface area contributed by atoms with Gasteiger partial charge in [-0.05, 0) is 24.6 Å². The van der Waals surface area contributed by atoms with E-state index in [1.807, 2.05) is 61.4 Å². The van der Waals surface area contributed by atoms with Gasteiger partial charge >= 0.3 is 0 Å². The second-order valence-electron chi connectivity index (χ2n) is 7.86. The van der Waals surface area contributed by atoms with E-state index in [0.717, 1.165) is 34.0 Å². The predicted molar refractivity (Wildman–Crippen MR) is 122 cm³/mol. The Morgan fingerprint density at radius 2 is 2.12 bits per heavy atom. The van der Waals surface area contributed by atoms with Crippen molar-refractivity contribution in [3.8, 4) is 0 Å². The lowest BCUT2D eigenvalue weighted by Gasteiger charge is -2.20. The van der Waals surface area contributed by atoms with E-state index in [1.165, 1.54) is 0 Å². The van der Waals surface area contributed by atoms with Crippen molar-refractivity contribution in [2.75, 3.05) is 16.8 Å². The second-order valence-corrected chi connectivity index (χ2v) is 8.29. The number of hydrogen-bond acceptors (Lipinski definition) is 7. The number of aromatic nitrogens is 6. The lowest BCUT2D eigenvalue weighted by atomic mass is 10.1. The summed E-state index contributed by atoms with van der Waals surface area (Å²) < 4.78 is 3.56. The maximum Gasteiger partial charge on any atom is 0.230 e. The molecule has 3 aromatic heterocycles. The van der Waals surface area contributed by atoms with Crippen LogP contribution in [-0.2, 0) is 20.1 Å². The number of aliphatic hydroxyl groups excluding tert-OH is 1. The average Bonchev–Trinajstić information content (AvgIpc) is 3.46. The van der Waals surface area contributed by atoms with E-state index in [4.69, 9.17) is 21.7 Å². The summed E-state index contributed by atoms with van der Waals surface area (Å²) in [5, 5.41) is 22.8. The molecular weight excluding hydrogens is 428 g/mol. The van der Waals surface area contributed by atoms with Gasteiger partial charge in [0.2, 0.25) is 5.95 Å². The minimum absolute atomic E-state index is 0.0569. The molecule has 0 aliphatic carbocycles. The standard InChI is InChI=1S/C22H23ClN8O/c1-14-9-24-22(26-20-6-7-25-29(20)2)27-21(14)30-10-16-11-31(28-18(16)12-30)19(13-32)15-4-3-5-17(23)8-15/h3-9,11,19,32H,10,12-13H2,1-2H3,(H,24,26,27). The van der Waals surface area contributed by atoms with Crippen LogP contribution in [0.25, 0.3) is 0 Å². The fourth-order valence-electron chi connectivity index (χ4n) is 3.96. The topological polar surface area (TPSA) is 96.9 Å². The van der Waals surface area contributed by atoms with Gasteiger partial charge in [0.05, 0.1) is 31.1 Å². The lowest BCUT2D eigenvalue weighted by molar-refractivity contribution is 0.240. The molecule has 0 saturated carbocycles. The Morgan fingerprint density at radius 1 is 1.25 bits per heavy atom. The summed E-state index contributed by atoms with van der Waals surface area (Å²) in [4.78, 5) is 11.3. The maximum absolute atomic E-state index is 9.99. The van der Waals surface area contributed by atoms with E-state index >= 15 is 0 Å². The number of benzene rings is 1. The Hall–Kier alpha value is -3.43. The van der Waals surface area contributed by atoms with Crippen molar-refractivity contribution in [1.29, 1.82) is 0 Å². The number of nitrogens with zero attached hydrogens (tertiary/aromatic N) is 7. The molecule has 9 nitrogen and oxygen atoms in total. The van der Waals surface area contributed by atoms with Gasteiger partial charge in [0.25, 0.3) is 0 Å². The van der Waals surface area contributed by atoms with Gasteiger partial charge in [-0.15, -0.1) is 0 Å². The molecule has 1 atom stereocenters. The molecule has 0 spiro atoms. The number of rotatable bonds is 6. The average molecular weight is 451 g/mol. The molecule has 5 rings (SSSR count). The summed E-state index contributed by atoms with van der Waals surface area (Å²) in [6.45, 7) is 3.27. The maximum atomic E-state index is 9.99. The van der Waals surface area contributed by atoms with Crippen LogP contribution in [0.3, 0.4) is 0 Å². The number of fused-ring (bicyclic) bond motifs is 1. The summed E-state index contributed by atoms with van der Waals surface area (Å²) in [5.74, 6) is 2.20. The largest absolute Gasteiger partial charge is 0.394 e. The van der Waals surface area contributed by atoms with E-state index in [-0.39, 0.29) is 12.6 Å². The monoisotopic (exact) mass is 450 g/mol. The van der Waals surface area contributed by atoms with Crippen LogP contribution in [0.1, 0.15) is 28.4 Å². The molecule has 32 heavy (non-hydrogen) atoms. The molecule has 1 aromatic carbocycles. The molecule has 4 heterocycles. The fraction of sp³-hybridized carbons (Fsp3) is 0.273. The van der Waals surface area contributed by atoms with Gasteiger partial charge in [0, 0.05) is 48.2 Å². The van der Waals surface area contributed by atoms with E-state index in [1.54, 1.807) is 10.9 Å². The molecule has 164 valence electrons. The quantitative estimate of drug-likeness (QED) is 0.465. The van der Waals surface area contributed by atoms with Crippen molar-refractivity contribution in [2.45, 2.75) is 26.1 Å². The summed E-state index contributed by atoms with van der Waals surface area (Å²) in [7, 11) is 1.86. The van der Waals surface area contributed by atoms with E-state index in [0.29, 0.717) is 24.1 Å². The smallest absolute Gasteiger partial charge is 0.230 e. The first kappa shape index (κ1) is 20.5. The molecule has 10 heteroatoms. The van der Waals surface area contributed by atoms with Crippen molar-refractivity contribution in [3.63, 3.8) is 0 Å². The van der Waals surface area contributed by atoms with Crippen LogP contribution in [0.2, 0.25) is 5.02 Å². The molecule has 0 saturated heterocycles. The SMILES string of the molecule is Cc1cnc(Nc2ccnn2C)nc1N1Cc2cn(C(CO)c3cccc(Cl)c3)nc2C1. The molecule has 0 amide bonds. The molecule has 1 aliphatic rings. The number of nitrogens with one attached hydrogen (secondary N) is 1. The summed E-state index contributed by atoms with van der Waals surface area (Å²) >= 11 is 6.14. The number of halogens is 1. The zero-order valence-corrected chi connectivity index (χ0v) is 18.5. The molecule has 2 N–H and O–H groups in total. The Labute approximate surface area is 190 Å². The van der Waals surface area contributed by atoms with Gasteiger partial charge < -0.3 is 15.3 Å². The molecule has 1 aliphatic heterocycles. The highest BCUT2D eigenvalue weighted by Gasteiger charge is 2.27. The Kier molecular flexibility index (Phi) is 5.28. The first-order chi connectivity index (χ1) is 15.5. The fourth-order valence-corrected chi connectivity index (χ4v) is 4.16. The number of hydrogen-bond donors (Lipinski definition) is 2. The summed E-state index contributed by atoms with van der Waals surface area (Å²) in [5.41, 5.74) is 4.01. The van der Waals surface area contributed by atoms with Gasteiger partial charge in [-0.2, -0.15) is 15.2 Å². The minimum Gasteiger partial charge on any atom is -0.394 e. The van der Waals surface area contributed by atoms with E-state index in [2.05, 4.69) is 20.3 Å². The predicted octanol–water partition coefficient (Wildman–Crippen LogP) is 3.21. The van der Waals surface area contributed by atoms with Crippen LogP contribution in [-0.4, -0.2) is 41.2 Å². The summed E-state index contributed by atoms with van der Waals surface area (Å²) in [6, 6.07) is 9.11. The molecule has 4 aromatic rings. The molecular formula is C22H23ClN8O. The minimum atomic E-state index is -0.275. The highest BCUT2D eigenvalue weighted by Crippen LogP contribution is 2.31. The van der Waals surface area contributed by atoms with Crippen LogP contribution in [0, 0.1) is 6.92 Å². The third-order valence-corrected chi connectivity index (χ3v) is 5.86. The molecule has 0 radical (unpaired) electrons. The molecule has 1 unspecified atom stereocenters. The van der Waals surface area contributed by atoms with Crippen molar-refractivity contribution < 1.29 is 5.11 Å². The third-order valence-electron chi connectivity index (χ3n) is 5.63. The summed E-state index contributed by atoms with van der Waals surface area (Å²) in [6.07, 6.45) is 5.54.